The number of carbonyl (C=O) groups excluding carboxylic acids is 1. The minimum absolute atomic E-state index is 0.103. The Balaban J connectivity index is 2.08. The molecule has 0 unspecified atom stereocenters. The van der Waals surface area contributed by atoms with Crippen molar-refractivity contribution in [2.45, 2.75) is 4.90 Å². The van der Waals surface area contributed by atoms with Crippen LogP contribution >= 0.6 is 10.2 Å². The molecule has 4 nitrogen and oxygen atoms in total. The second kappa shape index (κ2) is 5.38. The summed E-state index contributed by atoms with van der Waals surface area (Å²) < 4.78 is 62.9. The fraction of sp³-hybridized carbons (Fsp3) is 0. The zero-order valence-electron chi connectivity index (χ0n) is 12.3. The second-order valence-electron chi connectivity index (χ2n) is 5.06. The molecule has 0 bridgehead atoms. The molecule has 0 spiro atoms. The molecule has 0 aliphatic rings. The number of anilines is 1. The summed E-state index contributed by atoms with van der Waals surface area (Å²) in [4.78, 5) is 9.62. The highest BCUT2D eigenvalue weighted by Crippen LogP contribution is 3.02. The minimum Gasteiger partial charge on any atom is -0.504 e. The summed E-state index contributed by atoms with van der Waals surface area (Å²) in [5, 5.41) is 20.7. The van der Waals surface area contributed by atoms with Crippen LogP contribution in [0.25, 0.3) is 6.08 Å². The summed E-state index contributed by atoms with van der Waals surface area (Å²) in [6, 6.07) is 5.60. The van der Waals surface area contributed by atoms with Gasteiger partial charge in [0.2, 0.25) is 5.91 Å². The lowest BCUT2D eigenvalue weighted by Gasteiger charge is -2.40. The SMILES string of the molecule is O=C(C=Cc1ccc(O)c(O)c1)Nc1ccc(S(F)(F)(F)(F)F)cc1. The van der Waals surface area contributed by atoms with Gasteiger partial charge in [-0.15, -0.1) is 0 Å². The van der Waals surface area contributed by atoms with Gasteiger partial charge in [0.05, 0.1) is 0 Å². The predicted octanol–water partition coefficient (Wildman–Crippen LogP) is 5.41. The van der Waals surface area contributed by atoms with Crippen LogP contribution in [0.2, 0.25) is 0 Å². The number of hydrogen-bond donors (Lipinski definition) is 3. The van der Waals surface area contributed by atoms with Crippen molar-refractivity contribution in [1.82, 2.24) is 0 Å². The fourth-order valence-corrected chi connectivity index (χ4v) is 2.45. The first kappa shape index (κ1) is 18.6. The van der Waals surface area contributed by atoms with Crippen LogP contribution in [0.3, 0.4) is 0 Å². The molecule has 0 saturated heterocycles. The zero-order chi connectivity index (χ0) is 18.9. The monoisotopic (exact) mass is 381 g/mol. The first-order valence-electron chi connectivity index (χ1n) is 6.60. The molecule has 10 heteroatoms. The quantitative estimate of drug-likeness (QED) is 0.377. The molecule has 0 atom stereocenters. The summed E-state index contributed by atoms with van der Waals surface area (Å²) in [6.07, 6.45) is 2.29. The van der Waals surface area contributed by atoms with Crippen molar-refractivity contribution in [2.75, 3.05) is 5.32 Å². The van der Waals surface area contributed by atoms with E-state index in [0.717, 1.165) is 6.08 Å². The van der Waals surface area contributed by atoms with Crippen LogP contribution in [0.15, 0.2) is 53.4 Å². The number of phenols is 2. The Hall–Kier alpha value is -2.75. The number of benzene rings is 2. The highest BCUT2D eigenvalue weighted by Gasteiger charge is 2.65. The molecular formula is C15H12F5NO3S. The molecule has 0 heterocycles. The lowest BCUT2D eigenvalue weighted by Crippen LogP contribution is -2.09. The third kappa shape index (κ3) is 5.11. The van der Waals surface area contributed by atoms with E-state index in [1.165, 1.54) is 24.3 Å². The fourth-order valence-electron chi connectivity index (χ4n) is 1.80. The lowest BCUT2D eigenvalue weighted by atomic mass is 10.2. The van der Waals surface area contributed by atoms with E-state index in [0.29, 0.717) is 17.7 Å². The molecule has 1 amide bonds. The van der Waals surface area contributed by atoms with Crippen molar-refractivity contribution in [2.24, 2.45) is 0 Å². The molecule has 25 heavy (non-hydrogen) atoms. The molecular weight excluding hydrogens is 369 g/mol. The van der Waals surface area contributed by atoms with E-state index in [4.69, 9.17) is 5.11 Å². The molecule has 136 valence electrons. The molecule has 0 aliphatic carbocycles. The van der Waals surface area contributed by atoms with E-state index in [2.05, 4.69) is 5.32 Å². The minimum atomic E-state index is -9.74. The number of rotatable bonds is 4. The van der Waals surface area contributed by atoms with Gasteiger partial charge >= 0.3 is 10.2 Å². The van der Waals surface area contributed by atoms with Gasteiger partial charge in [-0.25, -0.2) is 0 Å². The largest absolute Gasteiger partial charge is 0.504 e. The van der Waals surface area contributed by atoms with Crippen LogP contribution in [0.5, 0.6) is 11.5 Å². The molecule has 0 aliphatic heterocycles. The number of halogens is 5. The Morgan fingerprint density at radius 3 is 2.04 bits per heavy atom. The molecule has 2 aromatic rings. The van der Waals surface area contributed by atoms with Crippen LogP contribution in [-0.2, 0) is 4.79 Å². The van der Waals surface area contributed by atoms with Gasteiger partial charge in [0, 0.05) is 11.8 Å². The Bertz CT molecular complexity index is 848. The Morgan fingerprint density at radius 1 is 0.920 bits per heavy atom. The van der Waals surface area contributed by atoms with Crippen molar-refractivity contribution < 1.29 is 34.4 Å². The van der Waals surface area contributed by atoms with Crippen LogP contribution in [0.4, 0.5) is 25.1 Å². The summed E-state index contributed by atoms with van der Waals surface area (Å²) in [5.41, 5.74) is 0.274. The third-order valence-electron chi connectivity index (χ3n) is 2.99. The van der Waals surface area contributed by atoms with Gasteiger partial charge in [0.15, 0.2) is 11.5 Å². The second-order valence-corrected chi connectivity index (χ2v) is 7.47. The average molecular weight is 381 g/mol. The van der Waals surface area contributed by atoms with Gasteiger partial charge in [0.25, 0.3) is 0 Å². The number of aromatic hydroxyl groups is 2. The number of amides is 1. The molecule has 0 radical (unpaired) electrons. The third-order valence-corrected chi connectivity index (χ3v) is 4.16. The van der Waals surface area contributed by atoms with Crippen molar-refractivity contribution >= 4 is 27.9 Å². The van der Waals surface area contributed by atoms with Crippen LogP contribution < -0.4 is 5.32 Å². The van der Waals surface area contributed by atoms with Gasteiger partial charge in [-0.05, 0) is 48.0 Å². The van der Waals surface area contributed by atoms with E-state index >= 15 is 0 Å². The molecule has 0 fully saturated rings. The maximum atomic E-state index is 12.6. The van der Waals surface area contributed by atoms with Crippen LogP contribution in [0, 0.1) is 0 Å². The summed E-state index contributed by atoms with van der Waals surface area (Å²) in [7, 11) is -9.74. The predicted molar refractivity (Wildman–Crippen MR) is 85.3 cm³/mol. The molecule has 2 aromatic carbocycles. The average Bonchev–Trinajstić information content (AvgIpc) is 2.47. The van der Waals surface area contributed by atoms with Crippen LogP contribution in [-0.4, -0.2) is 16.1 Å². The summed E-state index contributed by atoms with van der Waals surface area (Å²) in [5.74, 6) is -1.47. The standard InChI is InChI=1S/C15H12F5NO3S/c16-25(17,18,19,20)12-5-3-11(4-6-12)21-15(24)8-2-10-1-7-13(22)14(23)9-10/h1-9,22-23H,(H,21,24). The van der Waals surface area contributed by atoms with E-state index in [-0.39, 0.29) is 23.6 Å². The zero-order valence-corrected chi connectivity index (χ0v) is 13.1. The molecule has 0 saturated carbocycles. The number of hydrogen-bond acceptors (Lipinski definition) is 3. The molecule has 3 N–H and O–H groups in total. The van der Waals surface area contributed by atoms with Gasteiger partial charge in [-0.1, -0.05) is 25.5 Å². The van der Waals surface area contributed by atoms with Crippen molar-refractivity contribution in [3.63, 3.8) is 0 Å². The van der Waals surface area contributed by atoms with Gasteiger partial charge in [-0.2, -0.15) is 0 Å². The normalized spacial score (nSPS) is 14.8. The Labute approximate surface area is 138 Å². The van der Waals surface area contributed by atoms with E-state index in [1.807, 2.05) is 0 Å². The van der Waals surface area contributed by atoms with Gasteiger partial charge in [-0.3, -0.25) is 4.79 Å². The maximum absolute atomic E-state index is 12.6. The first-order chi connectivity index (χ1) is 11.2. The van der Waals surface area contributed by atoms with E-state index < -0.39 is 26.8 Å². The topological polar surface area (TPSA) is 69.6 Å². The first-order valence-corrected chi connectivity index (χ1v) is 8.55. The van der Waals surface area contributed by atoms with Gasteiger partial charge in [0.1, 0.15) is 4.90 Å². The molecule has 2 rings (SSSR count). The Kier molecular flexibility index (Phi) is 4.00. The van der Waals surface area contributed by atoms with Crippen molar-refractivity contribution in [3.05, 3.63) is 54.1 Å². The summed E-state index contributed by atoms with van der Waals surface area (Å²) >= 11 is 0. The molecule has 0 aromatic heterocycles. The van der Waals surface area contributed by atoms with E-state index in [1.54, 1.807) is 0 Å². The Morgan fingerprint density at radius 2 is 1.52 bits per heavy atom. The highest BCUT2D eigenvalue weighted by atomic mass is 32.5. The van der Waals surface area contributed by atoms with Crippen molar-refractivity contribution in [3.8, 4) is 11.5 Å². The maximum Gasteiger partial charge on any atom is 0.310 e. The van der Waals surface area contributed by atoms with E-state index in [9.17, 15) is 29.3 Å². The highest BCUT2D eigenvalue weighted by molar-refractivity contribution is 8.45. The van der Waals surface area contributed by atoms with Gasteiger partial charge < -0.3 is 15.5 Å². The number of nitrogens with one attached hydrogen (secondary N) is 1. The summed E-state index contributed by atoms with van der Waals surface area (Å²) in [6.45, 7) is 0. The van der Waals surface area contributed by atoms with Crippen molar-refractivity contribution in [1.29, 1.82) is 0 Å². The number of carbonyl (C=O) groups is 1. The smallest absolute Gasteiger partial charge is 0.310 e. The lowest BCUT2D eigenvalue weighted by molar-refractivity contribution is -0.111. The van der Waals surface area contributed by atoms with Crippen LogP contribution in [0.1, 0.15) is 5.56 Å². The number of phenolic OH excluding ortho intramolecular Hbond substituents is 2.